The fourth-order valence-corrected chi connectivity index (χ4v) is 10.2. The number of nitrogens with zero attached hydrogens (tertiary/aromatic N) is 2. The Bertz CT molecular complexity index is 3440. The molecule has 0 fully saturated rings. The SMILES string of the molecule is c1ccc(-c2nc(-c3ccc(-c4cccc5ccccc45)cc3)cc(-c3ccc(-c4cccc5c4-c4ccccc4C5(c4ccccc4)c4ccccc4)c4ccccc34)n2)cc1. The number of benzene rings is 10. The maximum absolute atomic E-state index is 5.31. The molecule has 0 radical (unpaired) electrons. The van der Waals surface area contributed by atoms with Gasteiger partial charge in [0, 0.05) is 16.7 Å². The molecule has 11 aromatic rings. The van der Waals surface area contributed by atoms with E-state index in [0.717, 1.165) is 33.5 Å². The lowest BCUT2D eigenvalue weighted by Gasteiger charge is -2.34. The van der Waals surface area contributed by atoms with Crippen LogP contribution < -0.4 is 0 Å². The van der Waals surface area contributed by atoms with E-state index < -0.39 is 5.41 Å². The molecule has 63 heavy (non-hydrogen) atoms. The van der Waals surface area contributed by atoms with E-state index in [0.29, 0.717) is 5.82 Å². The third-order valence-corrected chi connectivity index (χ3v) is 13.0. The molecule has 12 rings (SSSR count). The van der Waals surface area contributed by atoms with Gasteiger partial charge in [-0.1, -0.05) is 237 Å². The fourth-order valence-electron chi connectivity index (χ4n) is 10.2. The molecule has 1 heterocycles. The van der Waals surface area contributed by atoms with E-state index in [1.165, 1.54) is 71.8 Å². The van der Waals surface area contributed by atoms with Crippen molar-refractivity contribution in [3.8, 4) is 67.3 Å². The second-order valence-corrected chi connectivity index (χ2v) is 16.4. The van der Waals surface area contributed by atoms with Crippen molar-refractivity contribution in [3.05, 3.63) is 265 Å². The molecule has 0 N–H and O–H groups in total. The zero-order chi connectivity index (χ0) is 41.7. The maximum atomic E-state index is 5.31. The summed E-state index contributed by atoms with van der Waals surface area (Å²) in [5, 5.41) is 4.80. The molecule has 0 saturated heterocycles. The molecule has 0 aliphatic heterocycles. The Morgan fingerprint density at radius 1 is 0.286 bits per heavy atom. The van der Waals surface area contributed by atoms with Crippen LogP contribution in [0.1, 0.15) is 22.3 Å². The number of rotatable bonds is 7. The Labute approximate surface area is 367 Å². The summed E-state index contributed by atoms with van der Waals surface area (Å²) in [6.45, 7) is 0. The molecule has 1 aliphatic carbocycles. The predicted molar refractivity (Wildman–Crippen MR) is 262 cm³/mol. The summed E-state index contributed by atoms with van der Waals surface area (Å²) in [5.41, 5.74) is 16.9. The van der Waals surface area contributed by atoms with Gasteiger partial charge in [-0.25, -0.2) is 9.97 Å². The monoisotopic (exact) mass is 800 g/mol. The van der Waals surface area contributed by atoms with Crippen LogP contribution in [0.15, 0.2) is 243 Å². The van der Waals surface area contributed by atoms with Gasteiger partial charge >= 0.3 is 0 Å². The summed E-state index contributed by atoms with van der Waals surface area (Å²) < 4.78 is 0. The number of hydrogen-bond acceptors (Lipinski definition) is 2. The third kappa shape index (κ3) is 5.95. The van der Waals surface area contributed by atoms with E-state index in [4.69, 9.17) is 9.97 Å². The molecule has 0 bridgehead atoms. The van der Waals surface area contributed by atoms with Crippen LogP contribution in [-0.4, -0.2) is 9.97 Å². The van der Waals surface area contributed by atoms with Crippen LogP contribution in [0.3, 0.4) is 0 Å². The molecule has 2 heteroatoms. The highest BCUT2D eigenvalue weighted by atomic mass is 14.9. The van der Waals surface area contributed by atoms with Crippen LogP contribution in [0, 0.1) is 0 Å². The van der Waals surface area contributed by atoms with Gasteiger partial charge in [-0.2, -0.15) is 0 Å². The van der Waals surface area contributed by atoms with Gasteiger partial charge in [0.25, 0.3) is 0 Å². The van der Waals surface area contributed by atoms with Crippen molar-refractivity contribution in [2.45, 2.75) is 5.41 Å². The third-order valence-electron chi connectivity index (χ3n) is 13.0. The lowest BCUT2D eigenvalue weighted by molar-refractivity contribution is 0.768. The zero-order valence-corrected chi connectivity index (χ0v) is 34.5. The van der Waals surface area contributed by atoms with Gasteiger partial charge in [0.2, 0.25) is 0 Å². The van der Waals surface area contributed by atoms with Gasteiger partial charge in [0.1, 0.15) is 0 Å². The van der Waals surface area contributed by atoms with Crippen LogP contribution in [0.4, 0.5) is 0 Å². The van der Waals surface area contributed by atoms with Crippen molar-refractivity contribution in [3.63, 3.8) is 0 Å². The van der Waals surface area contributed by atoms with Crippen molar-refractivity contribution in [2.24, 2.45) is 0 Å². The van der Waals surface area contributed by atoms with Gasteiger partial charge in [0.15, 0.2) is 5.82 Å². The van der Waals surface area contributed by atoms with E-state index in [1.54, 1.807) is 0 Å². The van der Waals surface area contributed by atoms with Crippen molar-refractivity contribution in [2.75, 3.05) is 0 Å². The Morgan fingerprint density at radius 2 is 0.794 bits per heavy atom. The zero-order valence-electron chi connectivity index (χ0n) is 34.5. The standard InChI is InChI=1S/C61H40N2/c1-4-19-44(20-5-1)60-62-57(43-36-34-42(35-37-43)48-30-16-21-41-18-10-11-26-47(41)48)40-58(63-60)52-39-38-51(49-27-12-13-28-50(49)52)53-31-17-33-56-59(53)54-29-14-15-32-55(54)61(56,45-22-6-2-7-23-45)46-24-8-3-9-25-46/h1-40H. The van der Waals surface area contributed by atoms with E-state index in [-0.39, 0.29) is 0 Å². The highest BCUT2D eigenvalue weighted by Gasteiger charge is 2.46. The second-order valence-electron chi connectivity index (χ2n) is 16.4. The first kappa shape index (κ1) is 36.6. The number of hydrogen-bond donors (Lipinski definition) is 0. The van der Waals surface area contributed by atoms with Crippen molar-refractivity contribution < 1.29 is 0 Å². The van der Waals surface area contributed by atoms with Gasteiger partial charge in [-0.3, -0.25) is 0 Å². The molecular weight excluding hydrogens is 761 g/mol. The molecule has 294 valence electrons. The first-order valence-corrected chi connectivity index (χ1v) is 21.7. The minimum atomic E-state index is -0.474. The highest BCUT2D eigenvalue weighted by Crippen LogP contribution is 2.58. The summed E-state index contributed by atoms with van der Waals surface area (Å²) in [7, 11) is 0. The Morgan fingerprint density at radius 3 is 1.54 bits per heavy atom. The molecule has 1 aliphatic rings. The molecule has 0 amide bonds. The molecule has 0 saturated carbocycles. The van der Waals surface area contributed by atoms with Gasteiger partial charge in [-0.05, 0) is 83.2 Å². The van der Waals surface area contributed by atoms with Crippen LogP contribution in [-0.2, 0) is 5.41 Å². The average molecular weight is 801 g/mol. The van der Waals surface area contributed by atoms with Crippen LogP contribution >= 0.6 is 0 Å². The lowest BCUT2D eigenvalue weighted by Crippen LogP contribution is -2.28. The maximum Gasteiger partial charge on any atom is 0.160 e. The van der Waals surface area contributed by atoms with Crippen molar-refractivity contribution >= 4 is 21.5 Å². The fraction of sp³-hybridized carbons (Fsp3) is 0.0164. The van der Waals surface area contributed by atoms with Crippen LogP contribution in [0.2, 0.25) is 0 Å². The molecule has 0 unspecified atom stereocenters. The molecule has 1 aromatic heterocycles. The smallest absolute Gasteiger partial charge is 0.160 e. The minimum Gasteiger partial charge on any atom is -0.228 e. The van der Waals surface area contributed by atoms with E-state index in [2.05, 4.69) is 237 Å². The van der Waals surface area contributed by atoms with Crippen molar-refractivity contribution in [1.29, 1.82) is 0 Å². The number of aromatic nitrogens is 2. The summed E-state index contributed by atoms with van der Waals surface area (Å²) in [6, 6.07) is 87.7. The first-order chi connectivity index (χ1) is 31.3. The molecule has 10 aromatic carbocycles. The normalized spacial score (nSPS) is 12.6. The Kier molecular flexibility index (Phi) is 8.76. The van der Waals surface area contributed by atoms with E-state index in [9.17, 15) is 0 Å². The Hall–Kier alpha value is -8.20. The molecule has 0 atom stereocenters. The first-order valence-electron chi connectivity index (χ1n) is 21.7. The van der Waals surface area contributed by atoms with E-state index in [1.807, 2.05) is 6.07 Å². The highest BCUT2D eigenvalue weighted by molar-refractivity contribution is 6.08. The van der Waals surface area contributed by atoms with E-state index >= 15 is 0 Å². The summed E-state index contributed by atoms with van der Waals surface area (Å²) in [5.74, 6) is 0.699. The van der Waals surface area contributed by atoms with Crippen LogP contribution in [0.5, 0.6) is 0 Å². The molecular formula is C61H40N2. The lowest BCUT2D eigenvalue weighted by atomic mass is 9.67. The van der Waals surface area contributed by atoms with Gasteiger partial charge in [0.05, 0.1) is 16.8 Å². The second kappa shape index (κ2) is 15.1. The summed E-state index contributed by atoms with van der Waals surface area (Å²) >= 11 is 0. The van der Waals surface area contributed by atoms with Gasteiger partial charge in [-0.15, -0.1) is 0 Å². The minimum absolute atomic E-state index is 0.474. The Balaban J connectivity index is 1.03. The predicted octanol–water partition coefficient (Wildman–Crippen LogP) is 15.5. The van der Waals surface area contributed by atoms with Gasteiger partial charge < -0.3 is 0 Å². The van der Waals surface area contributed by atoms with Crippen LogP contribution in [0.25, 0.3) is 88.8 Å². The largest absolute Gasteiger partial charge is 0.228 e. The summed E-state index contributed by atoms with van der Waals surface area (Å²) in [4.78, 5) is 10.5. The number of fused-ring (bicyclic) bond motifs is 5. The molecule has 2 nitrogen and oxygen atoms in total. The molecule has 0 spiro atoms. The average Bonchev–Trinajstić information content (AvgIpc) is 3.68. The topological polar surface area (TPSA) is 25.8 Å². The summed E-state index contributed by atoms with van der Waals surface area (Å²) in [6.07, 6.45) is 0. The quantitative estimate of drug-likeness (QED) is 0.160. The van der Waals surface area contributed by atoms with Crippen molar-refractivity contribution in [1.82, 2.24) is 9.97 Å².